The number of rotatable bonds is 5. The van der Waals surface area contributed by atoms with E-state index in [1.807, 2.05) is 38.2 Å². The summed E-state index contributed by atoms with van der Waals surface area (Å²) in [5.41, 5.74) is 1.65. The zero-order valence-corrected chi connectivity index (χ0v) is 15.2. The quantitative estimate of drug-likeness (QED) is 0.826. The number of thiophene rings is 1. The lowest BCUT2D eigenvalue weighted by molar-refractivity contribution is -0.126. The minimum absolute atomic E-state index is 0.0421. The summed E-state index contributed by atoms with van der Waals surface area (Å²) in [7, 11) is 1.81. The van der Waals surface area contributed by atoms with Crippen LogP contribution in [0, 0.1) is 6.92 Å². The van der Waals surface area contributed by atoms with Gasteiger partial charge in [-0.2, -0.15) is 0 Å². The standard InChI is InChI=1S/C19H22N2O2S/c1-13-5-11-18(24-13)14(2)21(4)19(23)12-8-16-6-9-17(10-7-16)20-15(3)22/h5-12,14H,1-4H3,(H,20,22)/b12-8+. The van der Waals surface area contributed by atoms with Crippen LogP contribution in [0.4, 0.5) is 5.69 Å². The number of anilines is 1. The molecule has 4 nitrogen and oxygen atoms in total. The van der Waals surface area contributed by atoms with Crippen molar-refractivity contribution in [1.82, 2.24) is 4.90 Å². The van der Waals surface area contributed by atoms with Gasteiger partial charge in [0.1, 0.15) is 0 Å². The Labute approximate surface area is 146 Å². The van der Waals surface area contributed by atoms with Crippen molar-refractivity contribution in [2.75, 3.05) is 12.4 Å². The van der Waals surface area contributed by atoms with Crippen LogP contribution < -0.4 is 5.32 Å². The van der Waals surface area contributed by atoms with Gasteiger partial charge in [0.2, 0.25) is 11.8 Å². The summed E-state index contributed by atoms with van der Waals surface area (Å²) in [6.45, 7) is 5.56. The van der Waals surface area contributed by atoms with Crippen LogP contribution in [0.15, 0.2) is 42.5 Å². The Balaban J connectivity index is 2.00. The molecule has 0 saturated heterocycles. The van der Waals surface area contributed by atoms with Crippen LogP contribution in [0.25, 0.3) is 6.08 Å². The number of nitrogens with zero attached hydrogens (tertiary/aromatic N) is 1. The Kier molecular flexibility index (Phi) is 5.93. The summed E-state index contributed by atoms with van der Waals surface area (Å²) in [6.07, 6.45) is 3.35. The lowest BCUT2D eigenvalue weighted by Gasteiger charge is -2.22. The number of carbonyl (C=O) groups is 2. The van der Waals surface area contributed by atoms with Gasteiger partial charge in [-0.3, -0.25) is 9.59 Å². The zero-order chi connectivity index (χ0) is 17.7. The number of hydrogen-bond donors (Lipinski definition) is 1. The van der Waals surface area contributed by atoms with Crippen LogP contribution in [-0.2, 0) is 9.59 Å². The first-order valence-corrected chi connectivity index (χ1v) is 8.57. The third-order valence-corrected chi connectivity index (χ3v) is 4.92. The average molecular weight is 342 g/mol. The van der Waals surface area contributed by atoms with Crippen LogP contribution in [0.5, 0.6) is 0 Å². The second-order valence-corrected chi connectivity index (χ2v) is 7.03. The topological polar surface area (TPSA) is 49.4 Å². The SMILES string of the molecule is CC(=O)Nc1ccc(/C=C/C(=O)N(C)C(C)c2ccc(C)s2)cc1. The molecule has 0 radical (unpaired) electrons. The molecule has 24 heavy (non-hydrogen) atoms. The molecular weight excluding hydrogens is 320 g/mol. The highest BCUT2D eigenvalue weighted by molar-refractivity contribution is 7.12. The fourth-order valence-electron chi connectivity index (χ4n) is 2.23. The van der Waals surface area contributed by atoms with Gasteiger partial charge in [-0.1, -0.05) is 12.1 Å². The van der Waals surface area contributed by atoms with Gasteiger partial charge in [-0.25, -0.2) is 0 Å². The minimum atomic E-state index is -0.104. The highest BCUT2D eigenvalue weighted by Crippen LogP contribution is 2.26. The molecule has 1 atom stereocenters. The highest BCUT2D eigenvalue weighted by atomic mass is 32.1. The second kappa shape index (κ2) is 7.93. The lowest BCUT2D eigenvalue weighted by Crippen LogP contribution is -2.27. The van der Waals surface area contributed by atoms with E-state index in [1.165, 1.54) is 16.7 Å². The van der Waals surface area contributed by atoms with Crippen molar-refractivity contribution in [2.45, 2.75) is 26.8 Å². The maximum Gasteiger partial charge on any atom is 0.246 e. The summed E-state index contributed by atoms with van der Waals surface area (Å²) in [6, 6.07) is 11.5. The molecule has 0 fully saturated rings. The maximum absolute atomic E-state index is 12.3. The van der Waals surface area contributed by atoms with Crippen molar-refractivity contribution < 1.29 is 9.59 Å². The predicted molar refractivity (Wildman–Crippen MR) is 100 cm³/mol. The zero-order valence-electron chi connectivity index (χ0n) is 14.4. The van der Waals surface area contributed by atoms with E-state index in [2.05, 4.69) is 24.4 Å². The van der Waals surface area contributed by atoms with Crippen LogP contribution in [0.1, 0.15) is 35.2 Å². The van der Waals surface area contributed by atoms with Gasteiger partial charge in [-0.15, -0.1) is 11.3 Å². The fourth-order valence-corrected chi connectivity index (χ4v) is 3.20. The van der Waals surface area contributed by atoms with E-state index in [-0.39, 0.29) is 17.9 Å². The molecule has 0 aliphatic heterocycles. The number of hydrogen-bond acceptors (Lipinski definition) is 3. The first kappa shape index (κ1) is 17.9. The number of benzene rings is 1. The number of carbonyl (C=O) groups excluding carboxylic acids is 2. The van der Waals surface area contributed by atoms with E-state index in [0.29, 0.717) is 0 Å². The van der Waals surface area contributed by atoms with E-state index in [4.69, 9.17) is 0 Å². The number of aryl methyl sites for hydroxylation is 1. The Morgan fingerprint density at radius 1 is 1.17 bits per heavy atom. The number of nitrogens with one attached hydrogen (secondary N) is 1. The van der Waals surface area contributed by atoms with Crippen molar-refractivity contribution in [3.05, 3.63) is 57.8 Å². The Bertz CT molecular complexity index is 747. The van der Waals surface area contributed by atoms with Crippen LogP contribution in [0.2, 0.25) is 0 Å². The fraction of sp³-hybridized carbons (Fsp3) is 0.263. The Hall–Kier alpha value is -2.40. The molecule has 1 N–H and O–H groups in total. The third kappa shape index (κ3) is 4.80. The van der Waals surface area contributed by atoms with Gasteiger partial charge in [0.25, 0.3) is 0 Å². The molecule has 2 aromatic rings. The largest absolute Gasteiger partial charge is 0.335 e. The second-order valence-electron chi connectivity index (χ2n) is 5.71. The van der Waals surface area contributed by atoms with E-state index in [0.717, 1.165) is 11.3 Å². The van der Waals surface area contributed by atoms with Gasteiger partial charge in [0.05, 0.1) is 6.04 Å². The molecular formula is C19H22N2O2S. The van der Waals surface area contributed by atoms with Crippen molar-refractivity contribution in [3.63, 3.8) is 0 Å². The molecule has 2 rings (SSSR count). The molecule has 2 amide bonds. The van der Waals surface area contributed by atoms with Crippen LogP contribution >= 0.6 is 11.3 Å². The molecule has 1 unspecified atom stereocenters. The Morgan fingerprint density at radius 3 is 2.38 bits per heavy atom. The predicted octanol–water partition coefficient (Wildman–Crippen LogP) is 4.25. The highest BCUT2D eigenvalue weighted by Gasteiger charge is 2.16. The molecule has 0 bridgehead atoms. The van der Waals surface area contributed by atoms with Gasteiger partial charge in [-0.05, 0) is 49.8 Å². The van der Waals surface area contributed by atoms with Crippen molar-refractivity contribution in [2.24, 2.45) is 0 Å². The first-order chi connectivity index (χ1) is 11.4. The molecule has 0 saturated carbocycles. The molecule has 1 aromatic carbocycles. The van der Waals surface area contributed by atoms with Crippen molar-refractivity contribution in [1.29, 1.82) is 0 Å². The van der Waals surface area contributed by atoms with Gasteiger partial charge in [0, 0.05) is 35.5 Å². The monoisotopic (exact) mass is 342 g/mol. The Morgan fingerprint density at radius 2 is 1.83 bits per heavy atom. The van der Waals surface area contributed by atoms with E-state index in [1.54, 1.807) is 28.4 Å². The van der Waals surface area contributed by atoms with E-state index < -0.39 is 0 Å². The van der Waals surface area contributed by atoms with Crippen LogP contribution in [-0.4, -0.2) is 23.8 Å². The molecule has 0 aliphatic carbocycles. The maximum atomic E-state index is 12.3. The summed E-state index contributed by atoms with van der Waals surface area (Å²) < 4.78 is 0. The van der Waals surface area contributed by atoms with Crippen molar-refractivity contribution in [3.8, 4) is 0 Å². The number of amides is 2. The third-order valence-electron chi connectivity index (χ3n) is 3.75. The first-order valence-electron chi connectivity index (χ1n) is 7.75. The normalized spacial score (nSPS) is 12.2. The summed E-state index contributed by atoms with van der Waals surface area (Å²) >= 11 is 1.71. The lowest BCUT2D eigenvalue weighted by atomic mass is 10.2. The molecule has 0 aliphatic rings. The van der Waals surface area contributed by atoms with Gasteiger partial charge >= 0.3 is 0 Å². The molecule has 5 heteroatoms. The van der Waals surface area contributed by atoms with Gasteiger partial charge in [0.15, 0.2) is 0 Å². The summed E-state index contributed by atoms with van der Waals surface area (Å²) in [5.74, 6) is -0.146. The molecule has 126 valence electrons. The average Bonchev–Trinajstić information content (AvgIpc) is 2.98. The number of likely N-dealkylation sites (N-methyl/N-ethyl adjacent to an activating group) is 1. The summed E-state index contributed by atoms with van der Waals surface area (Å²) in [5, 5.41) is 2.71. The van der Waals surface area contributed by atoms with Gasteiger partial charge < -0.3 is 10.2 Å². The molecule has 0 spiro atoms. The van der Waals surface area contributed by atoms with Crippen molar-refractivity contribution >= 4 is 34.9 Å². The van der Waals surface area contributed by atoms with Crippen LogP contribution in [0.3, 0.4) is 0 Å². The van der Waals surface area contributed by atoms with E-state index >= 15 is 0 Å². The summed E-state index contributed by atoms with van der Waals surface area (Å²) in [4.78, 5) is 27.5. The van der Waals surface area contributed by atoms with E-state index in [9.17, 15) is 9.59 Å². The molecule has 1 heterocycles. The molecule has 1 aromatic heterocycles. The smallest absolute Gasteiger partial charge is 0.246 e. The minimum Gasteiger partial charge on any atom is -0.335 e.